The zero-order valence-electron chi connectivity index (χ0n) is 22.7. The van der Waals surface area contributed by atoms with Crippen molar-refractivity contribution in [3.63, 3.8) is 0 Å². The lowest BCUT2D eigenvalue weighted by Crippen LogP contribution is -2.36. The van der Waals surface area contributed by atoms with Crippen LogP contribution in [0, 0.1) is 5.41 Å². The number of hydrogen-bond donors (Lipinski definition) is 2. The Bertz CT molecular complexity index is 1250. The lowest BCUT2D eigenvalue weighted by Gasteiger charge is -2.31. The third-order valence-electron chi connectivity index (χ3n) is 7.12. The lowest BCUT2D eigenvalue weighted by atomic mass is 9.95. The topological polar surface area (TPSA) is 105 Å². The molecule has 3 fully saturated rings. The molecule has 2 N–H and O–H groups in total. The summed E-state index contributed by atoms with van der Waals surface area (Å²) < 4.78 is 8.70. The van der Waals surface area contributed by atoms with Gasteiger partial charge in [0.15, 0.2) is 5.01 Å². The Morgan fingerprint density at radius 3 is 2.85 bits per heavy atom. The van der Waals surface area contributed by atoms with E-state index in [0.717, 1.165) is 21.7 Å². The van der Waals surface area contributed by atoms with Crippen LogP contribution in [-0.4, -0.2) is 62.2 Å². The number of thiazole rings is 1. The average molecular weight is 568 g/mol. The van der Waals surface area contributed by atoms with Gasteiger partial charge in [0.2, 0.25) is 5.88 Å². The average Bonchev–Trinajstić information content (AvgIpc) is 3.89. The number of piperidine rings is 1. The fraction of sp³-hybridized carbons (Fsp3) is 0.536. The van der Waals surface area contributed by atoms with Gasteiger partial charge in [0.25, 0.3) is 5.91 Å². The normalized spacial score (nSPS) is 17.7. The molecule has 6 rings (SSSR count). The first-order chi connectivity index (χ1) is 19.1. The molecule has 11 heteroatoms. The first kappa shape index (κ1) is 27.8. The quantitative estimate of drug-likeness (QED) is 0.310. The van der Waals surface area contributed by atoms with E-state index in [2.05, 4.69) is 41.8 Å². The lowest BCUT2D eigenvalue weighted by molar-refractivity contribution is 0.0950. The van der Waals surface area contributed by atoms with Gasteiger partial charge in [-0.05, 0) is 88.0 Å². The van der Waals surface area contributed by atoms with Gasteiger partial charge in [-0.2, -0.15) is 0 Å². The van der Waals surface area contributed by atoms with Crippen LogP contribution in [0.4, 0.5) is 5.69 Å². The van der Waals surface area contributed by atoms with Crippen molar-refractivity contribution in [1.82, 2.24) is 30.2 Å². The molecule has 1 saturated heterocycles. The summed E-state index contributed by atoms with van der Waals surface area (Å²) in [4.78, 5) is 32.9. The Morgan fingerprint density at radius 1 is 1.21 bits per heavy atom. The minimum atomic E-state index is -0.248. The number of amides is 1. The van der Waals surface area contributed by atoms with E-state index in [1.807, 2.05) is 19.1 Å². The maximum atomic E-state index is 12.5. The van der Waals surface area contributed by atoms with Gasteiger partial charge in [-0.25, -0.2) is 9.97 Å². The van der Waals surface area contributed by atoms with Crippen molar-refractivity contribution >= 4 is 34.9 Å². The van der Waals surface area contributed by atoms with Crippen LogP contribution in [-0.2, 0) is 6.54 Å². The van der Waals surface area contributed by atoms with E-state index in [1.54, 1.807) is 36.7 Å². The van der Waals surface area contributed by atoms with Gasteiger partial charge in [-0.1, -0.05) is 6.92 Å². The number of nitrogens with one attached hydrogen (secondary N) is 2. The number of hydrogen-bond acceptors (Lipinski definition) is 10. The van der Waals surface area contributed by atoms with E-state index >= 15 is 0 Å². The highest BCUT2D eigenvalue weighted by molar-refractivity contribution is 8.01. The summed E-state index contributed by atoms with van der Waals surface area (Å²) in [5.41, 5.74) is 3.23. The fourth-order valence-corrected chi connectivity index (χ4v) is 6.16. The van der Waals surface area contributed by atoms with E-state index in [1.165, 1.54) is 69.5 Å². The molecule has 1 aliphatic heterocycles. The molecule has 208 valence electrons. The number of pyridine rings is 1. The number of ether oxygens (including phenoxy) is 1. The van der Waals surface area contributed by atoms with Crippen molar-refractivity contribution in [2.24, 2.45) is 5.41 Å². The summed E-state index contributed by atoms with van der Waals surface area (Å²) in [5.74, 6) is 0.200. The monoisotopic (exact) mass is 567 g/mol. The van der Waals surface area contributed by atoms with Gasteiger partial charge >= 0.3 is 0 Å². The van der Waals surface area contributed by atoms with Crippen molar-refractivity contribution in [1.29, 1.82) is 0 Å². The van der Waals surface area contributed by atoms with Crippen LogP contribution in [0.1, 0.15) is 67.9 Å². The van der Waals surface area contributed by atoms with Crippen LogP contribution in [0.15, 0.2) is 36.9 Å². The Balaban J connectivity index is 0.000000257. The molecule has 39 heavy (non-hydrogen) atoms. The van der Waals surface area contributed by atoms with Gasteiger partial charge in [0.05, 0.1) is 36.1 Å². The second-order valence-corrected chi connectivity index (χ2v) is 12.5. The van der Waals surface area contributed by atoms with E-state index in [-0.39, 0.29) is 5.91 Å². The highest BCUT2D eigenvalue weighted by Gasteiger charge is 2.44. The number of aromatic nitrogens is 4. The molecule has 0 unspecified atom stereocenters. The maximum Gasteiger partial charge on any atom is 0.280 e. The van der Waals surface area contributed by atoms with Crippen molar-refractivity contribution in [3.8, 4) is 16.5 Å². The number of carbonyl (C=O) groups is 1. The summed E-state index contributed by atoms with van der Waals surface area (Å²) in [5, 5.41) is 3.94. The first-order valence-electron chi connectivity index (χ1n) is 13.8. The minimum absolute atomic E-state index is 0.248. The standard InChI is InChI=1S/C19H20N6O2S2.C9H17N/c1-2-27-17-11-20-9-15(24-17)16-10-23-19(28-16)18(26)22-8-13-7-12(5-6-21-13)25-29-14-3-4-14;1-2-10-7-3-4-9(8-10)5-6-9/h5-7,9-11,14H,2-4,8H2,1H3,(H,21,25)(H,22,26);2-8H2,1H3. The largest absolute Gasteiger partial charge is 0.477 e. The molecular formula is C28H37N7O2S2. The second kappa shape index (κ2) is 13.1. The van der Waals surface area contributed by atoms with Crippen molar-refractivity contribution in [2.45, 2.75) is 64.2 Å². The predicted octanol–water partition coefficient (Wildman–Crippen LogP) is 5.43. The van der Waals surface area contributed by atoms with Crippen molar-refractivity contribution in [3.05, 3.63) is 47.6 Å². The van der Waals surface area contributed by atoms with E-state index in [0.29, 0.717) is 35.0 Å². The molecule has 0 bridgehead atoms. The molecule has 0 aromatic carbocycles. The number of nitrogens with zero attached hydrogens (tertiary/aromatic N) is 5. The Labute approximate surface area is 238 Å². The predicted molar refractivity (Wildman–Crippen MR) is 157 cm³/mol. The number of likely N-dealkylation sites (tertiary alicyclic amines) is 1. The van der Waals surface area contributed by atoms with Crippen LogP contribution < -0.4 is 14.8 Å². The molecule has 4 heterocycles. The van der Waals surface area contributed by atoms with Crippen molar-refractivity contribution in [2.75, 3.05) is 31.0 Å². The third kappa shape index (κ3) is 8.12. The highest BCUT2D eigenvalue weighted by Crippen LogP contribution is 2.51. The van der Waals surface area contributed by atoms with Crippen LogP contribution in [0.2, 0.25) is 0 Å². The van der Waals surface area contributed by atoms with Crippen LogP contribution in [0.25, 0.3) is 10.6 Å². The Kier molecular flexibility index (Phi) is 9.31. The molecule has 3 aliphatic rings. The van der Waals surface area contributed by atoms with E-state index < -0.39 is 0 Å². The van der Waals surface area contributed by atoms with Crippen LogP contribution >= 0.6 is 23.3 Å². The van der Waals surface area contributed by atoms with Gasteiger partial charge in [-0.15, -0.1) is 11.3 Å². The van der Waals surface area contributed by atoms with Crippen molar-refractivity contribution < 1.29 is 9.53 Å². The molecule has 1 spiro atoms. The van der Waals surface area contributed by atoms with E-state index in [4.69, 9.17) is 4.74 Å². The SMILES string of the molecule is CCN1CCCC2(CC2)C1.CCOc1cncc(-c2cnc(C(=O)NCc3cc(NSC4CC4)ccn3)s2)n1. The molecule has 9 nitrogen and oxygen atoms in total. The summed E-state index contributed by atoms with van der Waals surface area (Å²) >= 11 is 3.00. The molecular weight excluding hydrogens is 530 g/mol. The number of anilines is 1. The Hall–Kier alpha value is -2.76. The van der Waals surface area contributed by atoms with Gasteiger partial charge in [-0.3, -0.25) is 14.8 Å². The van der Waals surface area contributed by atoms with Gasteiger partial charge in [0, 0.05) is 29.9 Å². The Morgan fingerprint density at radius 2 is 2.08 bits per heavy atom. The maximum absolute atomic E-state index is 12.5. The number of rotatable bonds is 10. The molecule has 2 aliphatic carbocycles. The summed E-state index contributed by atoms with van der Waals surface area (Å²) in [6.07, 6.45) is 15.1. The molecule has 2 saturated carbocycles. The summed E-state index contributed by atoms with van der Waals surface area (Å²) in [7, 11) is 0. The zero-order chi connectivity index (χ0) is 27.1. The molecule has 3 aromatic heterocycles. The van der Waals surface area contributed by atoms with Gasteiger partial charge in [0.1, 0.15) is 5.69 Å². The molecule has 0 radical (unpaired) electrons. The first-order valence-corrected chi connectivity index (χ1v) is 15.5. The summed E-state index contributed by atoms with van der Waals surface area (Å²) in [6, 6.07) is 3.86. The van der Waals surface area contributed by atoms with E-state index in [9.17, 15) is 4.79 Å². The molecule has 1 amide bonds. The van der Waals surface area contributed by atoms with Gasteiger partial charge < -0.3 is 19.7 Å². The molecule has 0 atom stereocenters. The summed E-state index contributed by atoms with van der Waals surface area (Å²) in [6.45, 7) is 9.04. The second-order valence-electron chi connectivity index (χ2n) is 10.3. The molecule has 3 aromatic rings. The smallest absolute Gasteiger partial charge is 0.280 e. The third-order valence-corrected chi connectivity index (χ3v) is 9.29. The fourth-order valence-electron chi connectivity index (χ4n) is 4.57. The van der Waals surface area contributed by atoms with Crippen LogP contribution in [0.3, 0.4) is 0 Å². The number of carbonyl (C=O) groups excluding carboxylic acids is 1. The zero-order valence-corrected chi connectivity index (χ0v) is 24.3. The highest BCUT2D eigenvalue weighted by atomic mass is 32.2. The van der Waals surface area contributed by atoms with Crippen LogP contribution in [0.5, 0.6) is 5.88 Å². The minimum Gasteiger partial charge on any atom is -0.477 e.